The van der Waals surface area contributed by atoms with Crippen LogP contribution < -0.4 is 10.1 Å². The number of nitrogens with one attached hydrogen (secondary N) is 1. The highest BCUT2D eigenvalue weighted by Crippen LogP contribution is 2.19. The van der Waals surface area contributed by atoms with Gasteiger partial charge in [-0.25, -0.2) is 0 Å². The van der Waals surface area contributed by atoms with Gasteiger partial charge in [-0.1, -0.05) is 52.3 Å². The Morgan fingerprint density at radius 2 is 1.58 bits per heavy atom. The predicted molar refractivity (Wildman–Crippen MR) is 105 cm³/mol. The van der Waals surface area contributed by atoms with Gasteiger partial charge in [0, 0.05) is 27.4 Å². The van der Waals surface area contributed by atoms with E-state index in [4.69, 9.17) is 4.74 Å². The van der Waals surface area contributed by atoms with E-state index >= 15 is 0 Å². The van der Waals surface area contributed by atoms with Crippen LogP contribution in [0.3, 0.4) is 0 Å². The summed E-state index contributed by atoms with van der Waals surface area (Å²) in [5, 5.41) is 2.82. The first-order valence-corrected chi connectivity index (χ1v) is 8.79. The zero-order chi connectivity index (χ0) is 18.4. The van der Waals surface area contributed by atoms with Crippen molar-refractivity contribution >= 4 is 33.3 Å². The van der Waals surface area contributed by atoms with Crippen molar-refractivity contribution in [2.45, 2.75) is 0 Å². The first kappa shape index (κ1) is 17.9. The van der Waals surface area contributed by atoms with Crippen molar-refractivity contribution in [2.75, 3.05) is 11.9 Å². The lowest BCUT2D eigenvalue weighted by Crippen LogP contribution is -2.13. The van der Waals surface area contributed by atoms with Gasteiger partial charge in [-0.2, -0.15) is 0 Å². The van der Waals surface area contributed by atoms with Crippen molar-refractivity contribution < 1.29 is 14.3 Å². The fraction of sp³-hybridized carbons (Fsp3) is 0.0476. The molecule has 0 aliphatic rings. The minimum atomic E-state index is -0.200. The second-order valence-electron chi connectivity index (χ2n) is 5.57. The zero-order valence-corrected chi connectivity index (χ0v) is 15.4. The third-order valence-corrected chi connectivity index (χ3v) is 4.19. The van der Waals surface area contributed by atoms with Crippen molar-refractivity contribution in [2.24, 2.45) is 0 Å². The molecular formula is C21H16BrNO3. The molecule has 0 spiro atoms. The number of benzene rings is 3. The molecule has 26 heavy (non-hydrogen) atoms. The summed E-state index contributed by atoms with van der Waals surface area (Å²) < 4.78 is 6.48. The van der Waals surface area contributed by atoms with Gasteiger partial charge in [0.25, 0.3) is 5.91 Å². The summed E-state index contributed by atoms with van der Waals surface area (Å²) >= 11 is 3.34. The molecule has 3 aromatic rings. The summed E-state index contributed by atoms with van der Waals surface area (Å²) in [4.78, 5) is 24.4. The van der Waals surface area contributed by atoms with Gasteiger partial charge in [-0.05, 0) is 36.4 Å². The fourth-order valence-electron chi connectivity index (χ4n) is 2.32. The van der Waals surface area contributed by atoms with Crippen LogP contribution in [-0.2, 0) is 0 Å². The van der Waals surface area contributed by atoms with E-state index < -0.39 is 0 Å². The molecule has 3 aromatic carbocycles. The van der Waals surface area contributed by atoms with Crippen LogP contribution >= 0.6 is 15.9 Å². The van der Waals surface area contributed by atoms with Crippen molar-refractivity contribution in [1.29, 1.82) is 0 Å². The number of amides is 1. The minimum Gasteiger partial charge on any atom is -0.485 e. The lowest BCUT2D eigenvalue weighted by molar-refractivity contribution is 0.0920. The molecule has 130 valence electrons. The first-order chi connectivity index (χ1) is 12.6. The van der Waals surface area contributed by atoms with Gasteiger partial charge >= 0.3 is 0 Å². The molecule has 3 rings (SSSR count). The molecule has 0 radical (unpaired) electrons. The number of Topliss-reactive ketones (excluding diaryl/α,β-unsaturated/α-hetero) is 1. The number of ether oxygens (including phenoxy) is 1. The van der Waals surface area contributed by atoms with E-state index in [1.807, 2.05) is 30.3 Å². The Hall–Kier alpha value is -2.92. The molecule has 0 saturated carbocycles. The number of hydrogen-bond donors (Lipinski definition) is 1. The Morgan fingerprint density at radius 1 is 0.846 bits per heavy atom. The van der Waals surface area contributed by atoms with Crippen LogP contribution in [0.4, 0.5) is 5.69 Å². The number of rotatable bonds is 6. The molecule has 0 bridgehead atoms. The highest BCUT2D eigenvalue weighted by molar-refractivity contribution is 9.10. The molecule has 0 atom stereocenters. The first-order valence-electron chi connectivity index (χ1n) is 8.00. The SMILES string of the molecule is O=C(COc1cccc(NC(=O)c2ccccc2)c1)c1ccc(Br)cc1. The molecule has 1 N–H and O–H groups in total. The monoisotopic (exact) mass is 409 g/mol. The standard InChI is InChI=1S/C21H16BrNO3/c22-17-11-9-15(10-12-17)20(24)14-26-19-8-4-7-18(13-19)23-21(25)16-5-2-1-3-6-16/h1-13H,14H2,(H,23,25). The average Bonchev–Trinajstić information content (AvgIpc) is 2.67. The van der Waals surface area contributed by atoms with Crippen LogP contribution in [-0.4, -0.2) is 18.3 Å². The van der Waals surface area contributed by atoms with Crippen LogP contribution in [0.2, 0.25) is 0 Å². The van der Waals surface area contributed by atoms with Crippen LogP contribution in [0.15, 0.2) is 83.3 Å². The molecular weight excluding hydrogens is 394 g/mol. The third kappa shape index (κ3) is 4.80. The Morgan fingerprint density at radius 3 is 2.31 bits per heavy atom. The van der Waals surface area contributed by atoms with Gasteiger partial charge < -0.3 is 10.1 Å². The summed E-state index contributed by atoms with van der Waals surface area (Å²) in [6.45, 7) is -0.0717. The largest absolute Gasteiger partial charge is 0.485 e. The molecule has 0 saturated heterocycles. The number of ketones is 1. The maximum atomic E-state index is 12.2. The molecule has 1 amide bonds. The lowest BCUT2D eigenvalue weighted by Gasteiger charge is -2.09. The van der Waals surface area contributed by atoms with Crippen molar-refractivity contribution in [3.63, 3.8) is 0 Å². The van der Waals surface area contributed by atoms with Crippen molar-refractivity contribution in [3.8, 4) is 5.75 Å². The van der Waals surface area contributed by atoms with Crippen LogP contribution in [0, 0.1) is 0 Å². The minimum absolute atomic E-state index is 0.0717. The van der Waals surface area contributed by atoms with E-state index in [1.165, 1.54) is 0 Å². The van der Waals surface area contributed by atoms with E-state index in [9.17, 15) is 9.59 Å². The van der Waals surface area contributed by atoms with Crippen LogP contribution in [0.1, 0.15) is 20.7 Å². The van der Waals surface area contributed by atoms with Crippen molar-refractivity contribution in [3.05, 3.63) is 94.5 Å². The summed E-state index contributed by atoms with van der Waals surface area (Å²) in [5.41, 5.74) is 1.76. The normalized spacial score (nSPS) is 10.2. The van der Waals surface area contributed by atoms with E-state index in [0.717, 1.165) is 4.47 Å². The second-order valence-corrected chi connectivity index (χ2v) is 6.48. The lowest BCUT2D eigenvalue weighted by atomic mass is 10.1. The van der Waals surface area contributed by atoms with E-state index in [0.29, 0.717) is 22.6 Å². The molecule has 0 aromatic heterocycles. The highest BCUT2D eigenvalue weighted by atomic mass is 79.9. The molecule has 0 unspecified atom stereocenters. The molecule has 0 heterocycles. The summed E-state index contributed by atoms with van der Waals surface area (Å²) in [6.07, 6.45) is 0. The van der Waals surface area contributed by atoms with Crippen molar-refractivity contribution in [1.82, 2.24) is 0 Å². The molecule has 5 heteroatoms. The molecule has 0 aliphatic carbocycles. The maximum absolute atomic E-state index is 12.2. The quantitative estimate of drug-likeness (QED) is 0.585. The fourth-order valence-corrected chi connectivity index (χ4v) is 2.59. The second kappa shape index (κ2) is 8.45. The summed E-state index contributed by atoms with van der Waals surface area (Å²) in [5.74, 6) is 0.200. The van der Waals surface area contributed by atoms with Gasteiger partial charge in [0.2, 0.25) is 0 Å². The van der Waals surface area contributed by atoms with Crippen LogP contribution in [0.25, 0.3) is 0 Å². The van der Waals surface area contributed by atoms with Gasteiger partial charge in [-0.3, -0.25) is 9.59 Å². The number of carbonyl (C=O) groups excluding carboxylic acids is 2. The highest BCUT2D eigenvalue weighted by Gasteiger charge is 2.08. The predicted octanol–water partition coefficient (Wildman–Crippen LogP) is 4.96. The van der Waals surface area contributed by atoms with Gasteiger partial charge in [-0.15, -0.1) is 0 Å². The zero-order valence-electron chi connectivity index (χ0n) is 13.8. The van der Waals surface area contributed by atoms with Crippen LogP contribution in [0.5, 0.6) is 5.75 Å². The Bertz CT molecular complexity index is 908. The Balaban J connectivity index is 1.61. The van der Waals surface area contributed by atoms with E-state index in [2.05, 4.69) is 21.2 Å². The molecule has 4 nitrogen and oxygen atoms in total. The number of anilines is 1. The topological polar surface area (TPSA) is 55.4 Å². The third-order valence-electron chi connectivity index (χ3n) is 3.66. The number of hydrogen-bond acceptors (Lipinski definition) is 3. The average molecular weight is 410 g/mol. The number of carbonyl (C=O) groups is 2. The Kier molecular flexibility index (Phi) is 5.81. The smallest absolute Gasteiger partial charge is 0.255 e. The number of halogens is 1. The van der Waals surface area contributed by atoms with Gasteiger partial charge in [0.15, 0.2) is 12.4 Å². The van der Waals surface area contributed by atoms with Gasteiger partial charge in [0.1, 0.15) is 5.75 Å². The maximum Gasteiger partial charge on any atom is 0.255 e. The Labute approximate surface area is 159 Å². The van der Waals surface area contributed by atoms with Gasteiger partial charge in [0.05, 0.1) is 0 Å². The van der Waals surface area contributed by atoms with E-state index in [-0.39, 0.29) is 18.3 Å². The summed E-state index contributed by atoms with van der Waals surface area (Å²) in [6, 6.07) is 23.0. The molecule has 0 fully saturated rings. The van der Waals surface area contributed by atoms with E-state index in [1.54, 1.807) is 48.5 Å². The summed E-state index contributed by atoms with van der Waals surface area (Å²) in [7, 11) is 0. The molecule has 0 aliphatic heterocycles.